The van der Waals surface area contributed by atoms with E-state index in [4.69, 9.17) is 9.31 Å². The van der Waals surface area contributed by atoms with Gasteiger partial charge in [0, 0.05) is 23.6 Å². The van der Waals surface area contributed by atoms with Crippen molar-refractivity contribution in [2.24, 2.45) is 5.41 Å². The maximum atomic E-state index is 12.6. The molecule has 0 atom stereocenters. The molecule has 1 fully saturated rings. The van der Waals surface area contributed by atoms with Gasteiger partial charge in [0.2, 0.25) is 5.91 Å². The second kappa shape index (κ2) is 5.64. The maximum Gasteiger partial charge on any atom is 0.496 e. The summed E-state index contributed by atoms with van der Waals surface area (Å²) < 4.78 is 12.3. The van der Waals surface area contributed by atoms with E-state index in [9.17, 15) is 4.79 Å². The summed E-state index contributed by atoms with van der Waals surface area (Å²) in [6.07, 6.45) is 0. The van der Waals surface area contributed by atoms with E-state index in [1.54, 1.807) is 11.9 Å². The molecule has 1 heterocycles. The van der Waals surface area contributed by atoms with E-state index in [-0.39, 0.29) is 5.91 Å². The van der Waals surface area contributed by atoms with Crippen LogP contribution in [0.15, 0.2) is 24.3 Å². The van der Waals surface area contributed by atoms with E-state index in [1.165, 1.54) is 0 Å². The normalized spacial score (nSPS) is 19.7. The third kappa shape index (κ3) is 3.31. The van der Waals surface area contributed by atoms with Crippen LogP contribution in [0.2, 0.25) is 0 Å². The Morgan fingerprint density at radius 1 is 1.04 bits per heavy atom. The SMILES string of the molecule is CN(C(=O)C(C)(C)C)c1ccccc1B1OC(C)(C)C(C)(C)O1. The Bertz CT molecular complexity index is 589. The summed E-state index contributed by atoms with van der Waals surface area (Å²) >= 11 is 0. The Hall–Kier alpha value is -1.33. The van der Waals surface area contributed by atoms with Crippen LogP contribution in [0.4, 0.5) is 5.69 Å². The molecule has 1 saturated heterocycles. The average Bonchev–Trinajstić information content (AvgIpc) is 2.65. The lowest BCUT2D eigenvalue weighted by atomic mass is 9.77. The van der Waals surface area contributed by atoms with Gasteiger partial charge in [-0.15, -0.1) is 0 Å². The minimum absolute atomic E-state index is 0.0569. The molecule has 1 aliphatic heterocycles. The first-order chi connectivity index (χ1) is 10.4. The van der Waals surface area contributed by atoms with Crippen LogP contribution in [0.1, 0.15) is 48.5 Å². The average molecular weight is 317 g/mol. The molecule has 126 valence electrons. The first-order valence-corrected chi connectivity index (χ1v) is 8.09. The monoisotopic (exact) mass is 317 g/mol. The number of carbonyl (C=O) groups is 1. The summed E-state index contributed by atoms with van der Waals surface area (Å²) in [5.74, 6) is 0.0569. The highest BCUT2D eigenvalue weighted by atomic mass is 16.7. The highest BCUT2D eigenvalue weighted by molar-refractivity contribution is 6.64. The molecule has 0 bridgehead atoms. The van der Waals surface area contributed by atoms with E-state index in [0.717, 1.165) is 11.2 Å². The number of hydrogen-bond donors (Lipinski definition) is 0. The molecule has 4 nitrogen and oxygen atoms in total. The van der Waals surface area contributed by atoms with E-state index < -0.39 is 23.7 Å². The summed E-state index contributed by atoms with van der Waals surface area (Å²) in [7, 11) is 1.32. The molecule has 0 unspecified atom stereocenters. The van der Waals surface area contributed by atoms with E-state index in [0.29, 0.717) is 0 Å². The zero-order valence-corrected chi connectivity index (χ0v) is 15.6. The summed E-state index contributed by atoms with van der Waals surface area (Å²) in [6.45, 7) is 13.9. The Morgan fingerprint density at radius 3 is 2.00 bits per heavy atom. The quantitative estimate of drug-likeness (QED) is 0.787. The minimum atomic E-state index is -0.480. The van der Waals surface area contributed by atoms with Gasteiger partial charge in [-0.3, -0.25) is 4.79 Å². The molecule has 23 heavy (non-hydrogen) atoms. The van der Waals surface area contributed by atoms with Gasteiger partial charge in [0.05, 0.1) is 11.2 Å². The molecule has 0 spiro atoms. The van der Waals surface area contributed by atoms with Crippen molar-refractivity contribution < 1.29 is 14.1 Å². The number of para-hydroxylation sites is 1. The molecular weight excluding hydrogens is 289 g/mol. The van der Waals surface area contributed by atoms with Crippen molar-refractivity contribution in [1.29, 1.82) is 0 Å². The Kier molecular flexibility index (Phi) is 4.42. The Balaban J connectivity index is 2.38. The van der Waals surface area contributed by atoms with Crippen molar-refractivity contribution in [2.75, 3.05) is 11.9 Å². The number of carbonyl (C=O) groups excluding carboxylic acids is 1. The summed E-state index contributed by atoms with van der Waals surface area (Å²) in [6, 6.07) is 7.77. The van der Waals surface area contributed by atoms with Gasteiger partial charge in [-0.05, 0) is 33.8 Å². The smallest absolute Gasteiger partial charge is 0.399 e. The minimum Gasteiger partial charge on any atom is -0.399 e. The van der Waals surface area contributed by atoms with Crippen molar-refractivity contribution in [3.05, 3.63) is 24.3 Å². The first-order valence-electron chi connectivity index (χ1n) is 8.09. The van der Waals surface area contributed by atoms with Crippen LogP contribution in [0.5, 0.6) is 0 Å². The number of nitrogens with zero attached hydrogens (tertiary/aromatic N) is 1. The number of benzene rings is 1. The van der Waals surface area contributed by atoms with Gasteiger partial charge >= 0.3 is 7.12 Å². The maximum absolute atomic E-state index is 12.6. The molecule has 1 aliphatic rings. The Labute approximate surface area is 140 Å². The van der Waals surface area contributed by atoms with Crippen molar-refractivity contribution in [3.8, 4) is 0 Å². The van der Waals surface area contributed by atoms with Gasteiger partial charge < -0.3 is 14.2 Å². The third-order valence-electron chi connectivity index (χ3n) is 4.75. The Morgan fingerprint density at radius 2 is 1.52 bits per heavy atom. The molecule has 0 aromatic heterocycles. The second-order valence-corrected chi connectivity index (χ2v) is 8.26. The largest absolute Gasteiger partial charge is 0.496 e. The van der Waals surface area contributed by atoms with Crippen LogP contribution in [0.3, 0.4) is 0 Å². The molecule has 5 heteroatoms. The van der Waals surface area contributed by atoms with Gasteiger partial charge in [-0.2, -0.15) is 0 Å². The molecule has 1 amide bonds. The number of amides is 1. The van der Waals surface area contributed by atoms with Crippen LogP contribution in [0, 0.1) is 5.41 Å². The zero-order valence-electron chi connectivity index (χ0n) is 15.6. The highest BCUT2D eigenvalue weighted by Crippen LogP contribution is 2.37. The lowest BCUT2D eigenvalue weighted by molar-refractivity contribution is -0.125. The van der Waals surface area contributed by atoms with Crippen LogP contribution >= 0.6 is 0 Å². The van der Waals surface area contributed by atoms with Gasteiger partial charge in [-0.1, -0.05) is 39.0 Å². The van der Waals surface area contributed by atoms with E-state index in [2.05, 4.69) is 0 Å². The number of hydrogen-bond acceptors (Lipinski definition) is 3. The fraction of sp³-hybridized carbons (Fsp3) is 0.611. The number of anilines is 1. The highest BCUT2D eigenvalue weighted by Gasteiger charge is 2.52. The molecule has 2 rings (SSSR count). The molecule has 1 aromatic rings. The standard InChI is InChI=1S/C18H28BNO3/c1-16(2,3)15(21)20(8)14-12-10-9-11-13(14)19-22-17(4,5)18(6,7)23-19/h9-12H,1-8H3. The number of rotatable bonds is 2. The second-order valence-electron chi connectivity index (χ2n) is 8.26. The predicted octanol–water partition coefficient (Wildman–Crippen LogP) is 2.99. The van der Waals surface area contributed by atoms with Crippen LogP contribution in [0.25, 0.3) is 0 Å². The summed E-state index contributed by atoms with van der Waals surface area (Å²) in [5.41, 5.74) is 0.448. The molecular formula is C18H28BNO3. The van der Waals surface area contributed by atoms with Gasteiger partial charge in [0.15, 0.2) is 0 Å². The molecule has 0 radical (unpaired) electrons. The van der Waals surface area contributed by atoms with Crippen LogP contribution in [-0.2, 0) is 14.1 Å². The molecule has 0 saturated carbocycles. The van der Waals surface area contributed by atoms with Crippen LogP contribution in [-0.4, -0.2) is 31.3 Å². The van der Waals surface area contributed by atoms with Crippen LogP contribution < -0.4 is 10.4 Å². The van der Waals surface area contributed by atoms with Crippen molar-refractivity contribution in [3.63, 3.8) is 0 Å². The van der Waals surface area contributed by atoms with Crippen molar-refractivity contribution in [2.45, 2.75) is 59.7 Å². The van der Waals surface area contributed by atoms with Gasteiger partial charge in [0.25, 0.3) is 0 Å². The topological polar surface area (TPSA) is 38.8 Å². The lowest BCUT2D eigenvalue weighted by Crippen LogP contribution is -2.43. The van der Waals surface area contributed by atoms with E-state index in [1.807, 2.05) is 72.7 Å². The van der Waals surface area contributed by atoms with Crippen molar-refractivity contribution in [1.82, 2.24) is 0 Å². The first kappa shape index (κ1) is 18.0. The third-order valence-corrected chi connectivity index (χ3v) is 4.75. The molecule has 1 aromatic carbocycles. The molecule has 0 N–H and O–H groups in total. The fourth-order valence-electron chi connectivity index (χ4n) is 2.57. The predicted molar refractivity (Wildman–Crippen MR) is 95.0 cm³/mol. The zero-order chi connectivity index (χ0) is 17.6. The van der Waals surface area contributed by atoms with Gasteiger partial charge in [-0.25, -0.2) is 0 Å². The van der Waals surface area contributed by atoms with Crippen molar-refractivity contribution >= 4 is 24.2 Å². The van der Waals surface area contributed by atoms with Gasteiger partial charge in [0.1, 0.15) is 0 Å². The summed E-state index contributed by atoms with van der Waals surface area (Å²) in [5, 5.41) is 0. The van der Waals surface area contributed by atoms with E-state index >= 15 is 0 Å². The summed E-state index contributed by atoms with van der Waals surface area (Å²) in [4.78, 5) is 14.3. The fourth-order valence-corrected chi connectivity index (χ4v) is 2.57. The lowest BCUT2D eigenvalue weighted by Gasteiger charge is -2.32. The molecule has 0 aliphatic carbocycles.